The van der Waals surface area contributed by atoms with Crippen LogP contribution < -0.4 is 20.1 Å². The zero-order valence-electron chi connectivity index (χ0n) is 19.0. The number of amides is 1. The summed E-state index contributed by atoms with van der Waals surface area (Å²) in [4.78, 5) is 13.5. The summed E-state index contributed by atoms with van der Waals surface area (Å²) < 4.78 is 35.9. The second-order valence-electron chi connectivity index (χ2n) is 8.34. The number of hydrogen-bond donors (Lipinski definition) is 3. The first-order valence-corrected chi connectivity index (χ1v) is 12.8. The molecule has 0 radical (unpaired) electrons. The monoisotopic (exact) mass is 479 g/mol. The van der Waals surface area contributed by atoms with E-state index in [1.807, 2.05) is 36.4 Å². The van der Waals surface area contributed by atoms with E-state index in [0.717, 1.165) is 5.56 Å². The van der Waals surface area contributed by atoms with Gasteiger partial charge in [0.15, 0.2) is 5.37 Å². The minimum atomic E-state index is -4.05. The molecule has 8 heteroatoms. The third kappa shape index (κ3) is 4.93. The first-order valence-electron chi connectivity index (χ1n) is 11.2. The molecular formula is C26H29N3O4S. The van der Waals surface area contributed by atoms with Gasteiger partial charge in [-0.15, -0.1) is 0 Å². The average Bonchev–Trinajstić information content (AvgIpc) is 2.88. The van der Waals surface area contributed by atoms with Crippen molar-refractivity contribution < 1.29 is 17.9 Å². The van der Waals surface area contributed by atoms with Crippen molar-refractivity contribution in [2.75, 3.05) is 24.9 Å². The van der Waals surface area contributed by atoms with Gasteiger partial charge in [0.1, 0.15) is 5.75 Å². The lowest BCUT2D eigenvalue weighted by Crippen LogP contribution is -2.59. The predicted molar refractivity (Wildman–Crippen MR) is 133 cm³/mol. The van der Waals surface area contributed by atoms with Crippen LogP contribution in [0.2, 0.25) is 0 Å². The zero-order valence-corrected chi connectivity index (χ0v) is 19.8. The third-order valence-electron chi connectivity index (χ3n) is 6.30. The van der Waals surface area contributed by atoms with E-state index in [-0.39, 0.29) is 5.56 Å². The SMILES string of the molecule is COc1ccccc1C(=O)NC(C1(c2ccccc2)CCNCC1)S(=O)(=O)Nc1ccccc1. The molecule has 1 heterocycles. The molecule has 1 unspecified atom stereocenters. The molecule has 178 valence electrons. The summed E-state index contributed by atoms with van der Waals surface area (Å²) in [6.45, 7) is 1.27. The van der Waals surface area contributed by atoms with Crippen molar-refractivity contribution in [2.45, 2.75) is 23.6 Å². The molecule has 3 aromatic rings. The lowest BCUT2D eigenvalue weighted by Gasteiger charge is -2.44. The van der Waals surface area contributed by atoms with Gasteiger partial charge in [-0.05, 0) is 55.8 Å². The first-order chi connectivity index (χ1) is 16.5. The van der Waals surface area contributed by atoms with Crippen molar-refractivity contribution in [3.63, 3.8) is 0 Å². The third-order valence-corrected chi connectivity index (χ3v) is 8.01. The van der Waals surface area contributed by atoms with Gasteiger partial charge in [0.25, 0.3) is 15.9 Å². The second-order valence-corrected chi connectivity index (χ2v) is 10.1. The fraction of sp³-hybridized carbons (Fsp3) is 0.269. The quantitative estimate of drug-likeness (QED) is 0.459. The number of para-hydroxylation sites is 2. The maximum atomic E-state index is 13.9. The number of anilines is 1. The lowest BCUT2D eigenvalue weighted by atomic mass is 9.72. The molecule has 3 N–H and O–H groups in total. The minimum Gasteiger partial charge on any atom is -0.496 e. The molecule has 0 aliphatic carbocycles. The Labute approximate surface area is 200 Å². The number of rotatable bonds is 8. The van der Waals surface area contributed by atoms with E-state index in [1.54, 1.807) is 48.5 Å². The normalized spacial score (nSPS) is 16.3. The molecule has 0 bridgehead atoms. The fourth-order valence-electron chi connectivity index (χ4n) is 4.62. The van der Waals surface area contributed by atoms with Gasteiger partial charge < -0.3 is 15.4 Å². The van der Waals surface area contributed by atoms with Crippen LogP contribution in [-0.2, 0) is 15.4 Å². The molecule has 0 saturated carbocycles. The summed E-state index contributed by atoms with van der Waals surface area (Å²) in [5.41, 5.74) is 0.767. The van der Waals surface area contributed by atoms with E-state index in [9.17, 15) is 13.2 Å². The summed E-state index contributed by atoms with van der Waals surface area (Å²) >= 11 is 0. The molecule has 34 heavy (non-hydrogen) atoms. The summed E-state index contributed by atoms with van der Waals surface area (Å²) in [6.07, 6.45) is 1.09. The molecule has 0 spiro atoms. The van der Waals surface area contributed by atoms with Crippen molar-refractivity contribution in [3.05, 3.63) is 96.1 Å². The van der Waals surface area contributed by atoms with Crippen LogP contribution >= 0.6 is 0 Å². The predicted octanol–water partition coefficient (Wildman–Crippen LogP) is 3.51. The van der Waals surface area contributed by atoms with E-state index in [1.165, 1.54) is 7.11 Å². The molecule has 3 aromatic carbocycles. The molecule has 1 atom stereocenters. The molecule has 4 rings (SSSR count). The van der Waals surface area contributed by atoms with Crippen molar-refractivity contribution >= 4 is 21.6 Å². The number of hydrogen-bond acceptors (Lipinski definition) is 5. The van der Waals surface area contributed by atoms with Gasteiger partial charge in [-0.3, -0.25) is 9.52 Å². The largest absolute Gasteiger partial charge is 0.496 e. The number of sulfonamides is 1. The molecular weight excluding hydrogens is 450 g/mol. The van der Waals surface area contributed by atoms with Crippen LogP contribution in [-0.4, -0.2) is 39.9 Å². The summed E-state index contributed by atoms with van der Waals surface area (Å²) in [7, 11) is -2.57. The molecule has 7 nitrogen and oxygen atoms in total. The van der Waals surface area contributed by atoms with Crippen LogP contribution in [0.1, 0.15) is 28.8 Å². The van der Waals surface area contributed by atoms with Gasteiger partial charge in [0, 0.05) is 11.1 Å². The minimum absolute atomic E-state index is 0.280. The highest BCUT2D eigenvalue weighted by atomic mass is 32.2. The van der Waals surface area contributed by atoms with Crippen LogP contribution in [0.3, 0.4) is 0 Å². The maximum Gasteiger partial charge on any atom is 0.256 e. The Hall–Kier alpha value is -3.36. The van der Waals surface area contributed by atoms with E-state index < -0.39 is 26.7 Å². The smallest absolute Gasteiger partial charge is 0.256 e. The number of carbonyl (C=O) groups is 1. The standard InChI is InChI=1S/C26H29N3O4S/c1-33-23-15-9-8-14-22(23)24(30)28-25(34(31,32)29-21-12-6-3-7-13-21)26(16-18-27-19-17-26)20-10-4-2-5-11-20/h2-15,25,27,29H,16-19H2,1H3,(H,28,30). The van der Waals surface area contributed by atoms with Crippen molar-refractivity contribution in [1.29, 1.82) is 0 Å². The number of carbonyl (C=O) groups excluding carboxylic acids is 1. The Bertz CT molecular complexity index is 1210. The number of benzene rings is 3. The Morgan fingerprint density at radius 2 is 1.50 bits per heavy atom. The van der Waals surface area contributed by atoms with Gasteiger partial charge in [-0.1, -0.05) is 60.7 Å². The van der Waals surface area contributed by atoms with E-state index in [2.05, 4.69) is 15.4 Å². The van der Waals surface area contributed by atoms with Gasteiger partial charge in [0.2, 0.25) is 0 Å². The maximum absolute atomic E-state index is 13.9. The summed E-state index contributed by atoms with van der Waals surface area (Å²) in [5, 5.41) is 4.98. The molecule has 1 aliphatic heterocycles. The van der Waals surface area contributed by atoms with Crippen molar-refractivity contribution in [2.24, 2.45) is 0 Å². The van der Waals surface area contributed by atoms with Crippen molar-refractivity contribution in [1.82, 2.24) is 10.6 Å². The molecule has 0 aromatic heterocycles. The van der Waals surface area contributed by atoms with Gasteiger partial charge in [-0.2, -0.15) is 0 Å². The Kier molecular flexibility index (Phi) is 7.19. The molecule has 1 amide bonds. The van der Waals surface area contributed by atoms with Crippen molar-refractivity contribution in [3.8, 4) is 5.75 Å². The van der Waals surface area contributed by atoms with Crippen LogP contribution in [0.5, 0.6) is 5.75 Å². The summed E-state index contributed by atoms with van der Waals surface area (Å²) in [6, 6.07) is 25.1. The van der Waals surface area contributed by atoms with Gasteiger partial charge in [-0.25, -0.2) is 8.42 Å². The topological polar surface area (TPSA) is 96.5 Å². The Morgan fingerprint density at radius 1 is 0.912 bits per heavy atom. The number of piperidine rings is 1. The van der Waals surface area contributed by atoms with Crippen LogP contribution in [0.25, 0.3) is 0 Å². The molecule has 1 aliphatic rings. The van der Waals surface area contributed by atoms with Crippen LogP contribution in [0.15, 0.2) is 84.9 Å². The van der Waals surface area contributed by atoms with Gasteiger partial charge in [0.05, 0.1) is 12.7 Å². The highest BCUT2D eigenvalue weighted by Gasteiger charge is 2.49. The number of nitrogens with one attached hydrogen (secondary N) is 3. The zero-order chi connectivity index (χ0) is 24.0. The number of methoxy groups -OCH3 is 1. The highest BCUT2D eigenvalue weighted by Crippen LogP contribution is 2.40. The van der Waals surface area contributed by atoms with Gasteiger partial charge >= 0.3 is 0 Å². The average molecular weight is 480 g/mol. The number of ether oxygens (including phenoxy) is 1. The van der Waals surface area contributed by atoms with Crippen LogP contribution in [0, 0.1) is 0 Å². The van der Waals surface area contributed by atoms with E-state index >= 15 is 0 Å². The Morgan fingerprint density at radius 3 is 2.15 bits per heavy atom. The lowest BCUT2D eigenvalue weighted by molar-refractivity contribution is 0.0922. The first kappa shape index (κ1) is 23.8. The summed E-state index contributed by atoms with van der Waals surface area (Å²) in [5.74, 6) is -0.124. The van der Waals surface area contributed by atoms with E-state index in [0.29, 0.717) is 37.4 Å². The molecule has 1 fully saturated rings. The van der Waals surface area contributed by atoms with E-state index in [4.69, 9.17) is 4.74 Å². The fourth-order valence-corrected chi connectivity index (χ4v) is 6.43. The second kappa shape index (κ2) is 10.3. The highest BCUT2D eigenvalue weighted by molar-refractivity contribution is 7.93. The Balaban J connectivity index is 1.81. The van der Waals surface area contributed by atoms with Crippen LogP contribution in [0.4, 0.5) is 5.69 Å². The molecule has 1 saturated heterocycles.